The molecule has 1 aromatic heterocycles. The normalized spacial score (nSPS) is 28.3. The smallest absolute Gasteiger partial charge is 0.222 e. The highest BCUT2D eigenvalue weighted by Crippen LogP contribution is 2.25. The first kappa shape index (κ1) is 19.8. The molecule has 4 N–H and O–H groups in total. The van der Waals surface area contributed by atoms with E-state index in [1.54, 1.807) is 6.92 Å². The summed E-state index contributed by atoms with van der Waals surface area (Å²) >= 11 is 0. The topological polar surface area (TPSA) is 108 Å². The molecule has 2 aliphatic rings. The molecule has 1 aromatic rings. The second-order valence-corrected chi connectivity index (χ2v) is 6.49. The van der Waals surface area contributed by atoms with Gasteiger partial charge in [0.15, 0.2) is 0 Å². The van der Waals surface area contributed by atoms with Crippen molar-refractivity contribution in [2.75, 3.05) is 12.4 Å². The van der Waals surface area contributed by atoms with Gasteiger partial charge in [0.2, 0.25) is 5.95 Å². The van der Waals surface area contributed by atoms with Crippen molar-refractivity contribution in [3.63, 3.8) is 0 Å². The Kier molecular flexibility index (Phi) is 6.89. The third-order valence-corrected chi connectivity index (χ3v) is 4.54. The van der Waals surface area contributed by atoms with Crippen LogP contribution in [0, 0.1) is 6.92 Å². The maximum Gasteiger partial charge on any atom is 0.222 e. The number of aliphatic hydroxyl groups is 3. The largest absolute Gasteiger partial charge is 0.390 e. The van der Waals surface area contributed by atoms with Crippen molar-refractivity contribution in [1.29, 1.82) is 0 Å². The van der Waals surface area contributed by atoms with Gasteiger partial charge in [-0.3, -0.25) is 0 Å². The number of nitrogens with one attached hydrogen (secondary N) is 1. The average Bonchev–Trinajstić information content (AvgIpc) is 3.16. The van der Waals surface area contributed by atoms with Gasteiger partial charge in [0, 0.05) is 19.0 Å². The van der Waals surface area contributed by atoms with E-state index in [4.69, 9.17) is 4.74 Å². The molecule has 0 radical (unpaired) electrons. The molecule has 5 atom stereocenters. The van der Waals surface area contributed by atoms with Gasteiger partial charge in [-0.1, -0.05) is 25.5 Å². The molecule has 0 aromatic carbocycles. The zero-order valence-electron chi connectivity index (χ0n) is 15.3. The van der Waals surface area contributed by atoms with E-state index in [2.05, 4.69) is 27.4 Å². The predicted octanol–water partition coefficient (Wildman–Crippen LogP) is 1.05. The summed E-state index contributed by atoms with van der Waals surface area (Å²) in [7, 11) is 1.84. The molecule has 2 heterocycles. The number of hydrogen-bond donors (Lipinski definition) is 4. The zero-order chi connectivity index (χ0) is 18.6. The van der Waals surface area contributed by atoms with Gasteiger partial charge in [0.1, 0.15) is 18.3 Å². The van der Waals surface area contributed by atoms with Crippen LogP contribution >= 0.6 is 0 Å². The fraction of sp³-hybridized carbons (Fsp3) is 0.667. The SMILES string of the molecule is CCCC(O)C1OC(C)C(O)C1O.CNc1nc(C)c2c(n1)CC=C2. The van der Waals surface area contributed by atoms with Crippen LogP contribution in [0.3, 0.4) is 0 Å². The summed E-state index contributed by atoms with van der Waals surface area (Å²) in [6.07, 6.45) is 3.01. The second-order valence-electron chi connectivity index (χ2n) is 6.49. The molecule has 3 rings (SSSR count). The van der Waals surface area contributed by atoms with Gasteiger partial charge < -0.3 is 25.4 Å². The van der Waals surface area contributed by atoms with Gasteiger partial charge in [0.25, 0.3) is 0 Å². The zero-order valence-corrected chi connectivity index (χ0v) is 15.3. The number of hydrogen-bond acceptors (Lipinski definition) is 7. The Bertz CT molecular complexity index is 608. The molecule has 5 unspecified atom stereocenters. The average molecular weight is 351 g/mol. The number of aliphatic hydroxyl groups excluding tert-OH is 3. The van der Waals surface area contributed by atoms with Gasteiger partial charge in [-0.15, -0.1) is 0 Å². The number of rotatable bonds is 4. The fourth-order valence-electron chi connectivity index (χ4n) is 3.07. The molecule has 7 heteroatoms. The minimum absolute atomic E-state index is 0.397. The Balaban J connectivity index is 0.000000181. The fourth-order valence-corrected chi connectivity index (χ4v) is 3.07. The van der Waals surface area contributed by atoms with Gasteiger partial charge >= 0.3 is 0 Å². The monoisotopic (exact) mass is 351 g/mol. The van der Waals surface area contributed by atoms with Crippen LogP contribution in [-0.4, -0.2) is 62.9 Å². The van der Waals surface area contributed by atoms with E-state index < -0.39 is 30.5 Å². The Labute approximate surface area is 148 Å². The number of ether oxygens (including phenoxy) is 1. The quantitative estimate of drug-likeness (QED) is 0.642. The molecule has 0 bridgehead atoms. The number of allylic oxidation sites excluding steroid dienone is 1. The van der Waals surface area contributed by atoms with E-state index in [1.807, 2.05) is 20.9 Å². The maximum atomic E-state index is 9.56. The molecule has 1 fully saturated rings. The highest BCUT2D eigenvalue weighted by atomic mass is 16.6. The van der Waals surface area contributed by atoms with E-state index >= 15 is 0 Å². The van der Waals surface area contributed by atoms with Crippen LogP contribution in [0.1, 0.15) is 43.6 Å². The minimum Gasteiger partial charge on any atom is -0.390 e. The van der Waals surface area contributed by atoms with Crippen molar-refractivity contribution in [3.05, 3.63) is 23.0 Å². The molecule has 7 nitrogen and oxygen atoms in total. The predicted molar refractivity (Wildman–Crippen MR) is 96.3 cm³/mol. The van der Waals surface area contributed by atoms with E-state index in [0.717, 1.165) is 30.2 Å². The van der Waals surface area contributed by atoms with Crippen molar-refractivity contribution in [1.82, 2.24) is 9.97 Å². The van der Waals surface area contributed by atoms with E-state index in [9.17, 15) is 15.3 Å². The first-order valence-corrected chi connectivity index (χ1v) is 8.80. The number of nitrogens with zero attached hydrogens (tertiary/aromatic N) is 2. The first-order valence-electron chi connectivity index (χ1n) is 8.80. The van der Waals surface area contributed by atoms with E-state index in [0.29, 0.717) is 6.42 Å². The van der Waals surface area contributed by atoms with Crippen LogP contribution in [0.2, 0.25) is 0 Å². The van der Waals surface area contributed by atoms with Gasteiger partial charge in [-0.25, -0.2) is 9.97 Å². The molecular weight excluding hydrogens is 322 g/mol. The van der Waals surface area contributed by atoms with Crippen molar-refractivity contribution < 1.29 is 20.1 Å². The molecule has 1 aliphatic heterocycles. The first-order chi connectivity index (χ1) is 11.9. The number of aromatic nitrogens is 2. The lowest BCUT2D eigenvalue weighted by Crippen LogP contribution is -2.38. The van der Waals surface area contributed by atoms with Crippen LogP contribution in [-0.2, 0) is 11.2 Å². The standard InChI is InChI=1S/C9H11N3.C9H18O4/c1-6-7-4-3-5-8(7)12-9(10-2)11-6;1-3-4-6(10)9-8(12)7(11)5(2)13-9/h3-4H,5H2,1-2H3,(H,10,11,12);5-12H,3-4H2,1-2H3. The van der Waals surface area contributed by atoms with Crippen molar-refractivity contribution in [2.45, 2.75) is 70.6 Å². The number of fused-ring (bicyclic) bond motifs is 1. The third kappa shape index (κ3) is 4.55. The molecular formula is C18H29N3O4. The van der Waals surface area contributed by atoms with E-state index in [1.165, 1.54) is 5.56 Å². The lowest BCUT2D eigenvalue weighted by molar-refractivity contribution is -0.0645. The molecule has 1 saturated heterocycles. The molecule has 0 saturated carbocycles. The number of anilines is 1. The van der Waals surface area contributed by atoms with Crippen molar-refractivity contribution in [3.8, 4) is 0 Å². The molecule has 0 amide bonds. The summed E-state index contributed by atoms with van der Waals surface area (Å²) in [5, 5.41) is 31.4. The Hall–Kier alpha value is -1.54. The molecule has 140 valence electrons. The van der Waals surface area contributed by atoms with Crippen LogP contribution in [0.15, 0.2) is 6.08 Å². The summed E-state index contributed by atoms with van der Waals surface area (Å²) in [5.41, 5.74) is 3.37. The number of aryl methyl sites for hydroxylation is 1. The van der Waals surface area contributed by atoms with Gasteiger partial charge in [-0.2, -0.15) is 0 Å². The highest BCUT2D eigenvalue weighted by molar-refractivity contribution is 5.60. The van der Waals surface area contributed by atoms with Crippen LogP contribution in [0.5, 0.6) is 0 Å². The third-order valence-electron chi connectivity index (χ3n) is 4.54. The molecule has 25 heavy (non-hydrogen) atoms. The van der Waals surface area contributed by atoms with Crippen LogP contribution < -0.4 is 5.32 Å². The maximum absolute atomic E-state index is 9.56. The minimum atomic E-state index is -0.962. The summed E-state index contributed by atoms with van der Waals surface area (Å²) < 4.78 is 5.25. The van der Waals surface area contributed by atoms with Gasteiger partial charge in [0.05, 0.1) is 23.6 Å². The second kappa shape index (κ2) is 8.71. The summed E-state index contributed by atoms with van der Waals surface area (Å²) in [4.78, 5) is 8.64. The molecule has 0 spiro atoms. The van der Waals surface area contributed by atoms with Crippen LogP contribution in [0.4, 0.5) is 5.95 Å². The van der Waals surface area contributed by atoms with Crippen LogP contribution in [0.25, 0.3) is 6.08 Å². The summed E-state index contributed by atoms with van der Waals surface area (Å²) in [6.45, 7) is 5.65. The molecule has 1 aliphatic carbocycles. The van der Waals surface area contributed by atoms with Gasteiger partial charge in [-0.05, 0) is 20.3 Å². The lowest BCUT2D eigenvalue weighted by Gasteiger charge is -2.20. The van der Waals surface area contributed by atoms with E-state index in [-0.39, 0.29) is 0 Å². The van der Waals surface area contributed by atoms with Crippen molar-refractivity contribution >= 4 is 12.0 Å². The Morgan fingerprint density at radius 2 is 2.04 bits per heavy atom. The summed E-state index contributed by atoms with van der Waals surface area (Å²) in [6, 6.07) is 0. The highest BCUT2D eigenvalue weighted by Gasteiger charge is 2.43. The Morgan fingerprint density at radius 1 is 1.32 bits per heavy atom. The van der Waals surface area contributed by atoms with Crippen molar-refractivity contribution in [2.24, 2.45) is 0 Å². The lowest BCUT2D eigenvalue weighted by atomic mass is 10.0. The summed E-state index contributed by atoms with van der Waals surface area (Å²) in [5.74, 6) is 0.718. The Morgan fingerprint density at radius 3 is 2.60 bits per heavy atom.